The molecule has 0 radical (unpaired) electrons. The van der Waals surface area contributed by atoms with Crippen LogP contribution in [0.2, 0.25) is 5.02 Å². The van der Waals surface area contributed by atoms with Crippen LogP contribution in [0.1, 0.15) is 19.0 Å². The zero-order valence-corrected chi connectivity index (χ0v) is 11.1. The maximum atomic E-state index is 13.4. The number of aromatic nitrogens is 2. The molecule has 0 atom stereocenters. The summed E-state index contributed by atoms with van der Waals surface area (Å²) < 4.78 is 15.2. The van der Waals surface area contributed by atoms with E-state index >= 15 is 0 Å². The fourth-order valence-electron chi connectivity index (χ4n) is 1.73. The summed E-state index contributed by atoms with van der Waals surface area (Å²) >= 11 is 5.87. The molecule has 0 amide bonds. The third kappa shape index (κ3) is 2.82. The van der Waals surface area contributed by atoms with E-state index < -0.39 is 0 Å². The number of aryl methyl sites for hydroxylation is 1. The van der Waals surface area contributed by atoms with Gasteiger partial charge in [0, 0.05) is 17.8 Å². The van der Waals surface area contributed by atoms with Gasteiger partial charge in [-0.2, -0.15) is 0 Å². The van der Waals surface area contributed by atoms with Crippen molar-refractivity contribution in [3.8, 4) is 5.69 Å². The highest BCUT2D eigenvalue weighted by Gasteiger charge is 2.08. The molecule has 0 spiro atoms. The van der Waals surface area contributed by atoms with Gasteiger partial charge >= 0.3 is 0 Å². The lowest BCUT2D eigenvalue weighted by Gasteiger charge is -2.09. The van der Waals surface area contributed by atoms with E-state index in [0.717, 1.165) is 18.7 Å². The number of rotatable bonds is 4. The van der Waals surface area contributed by atoms with Crippen LogP contribution in [0.25, 0.3) is 5.69 Å². The van der Waals surface area contributed by atoms with Gasteiger partial charge in [0.2, 0.25) is 5.95 Å². The Bertz CT molecular complexity index is 531. The van der Waals surface area contributed by atoms with Crippen molar-refractivity contribution in [2.75, 3.05) is 11.9 Å². The fourth-order valence-corrected chi connectivity index (χ4v) is 1.95. The molecular formula is C13H15ClFN3. The van der Waals surface area contributed by atoms with Gasteiger partial charge in [0.15, 0.2) is 0 Å². The standard InChI is InChI=1S/C13H15ClFN3/c1-3-4-16-13-17-9(2)8-18(13)12-6-10(14)5-11(15)7-12/h5-8H,3-4H2,1-2H3,(H,16,17). The normalized spacial score (nSPS) is 10.7. The van der Waals surface area contributed by atoms with E-state index in [0.29, 0.717) is 16.7 Å². The van der Waals surface area contributed by atoms with Crippen LogP contribution >= 0.6 is 11.6 Å². The van der Waals surface area contributed by atoms with Crippen LogP contribution < -0.4 is 5.32 Å². The monoisotopic (exact) mass is 267 g/mol. The molecule has 0 fully saturated rings. The first kappa shape index (κ1) is 12.9. The van der Waals surface area contributed by atoms with Gasteiger partial charge in [0.1, 0.15) is 5.82 Å². The van der Waals surface area contributed by atoms with E-state index in [1.807, 2.05) is 13.1 Å². The third-order valence-electron chi connectivity index (χ3n) is 2.48. The van der Waals surface area contributed by atoms with Crippen LogP contribution in [-0.4, -0.2) is 16.1 Å². The molecule has 1 heterocycles. The Morgan fingerprint density at radius 2 is 2.17 bits per heavy atom. The minimum Gasteiger partial charge on any atom is -0.355 e. The van der Waals surface area contributed by atoms with Gasteiger partial charge in [-0.15, -0.1) is 0 Å². The van der Waals surface area contributed by atoms with Crippen molar-refractivity contribution in [3.63, 3.8) is 0 Å². The number of anilines is 1. The van der Waals surface area contributed by atoms with Crippen molar-refractivity contribution in [2.45, 2.75) is 20.3 Å². The van der Waals surface area contributed by atoms with Crippen molar-refractivity contribution in [1.29, 1.82) is 0 Å². The van der Waals surface area contributed by atoms with E-state index in [1.54, 1.807) is 10.6 Å². The summed E-state index contributed by atoms with van der Waals surface area (Å²) in [6, 6.07) is 4.43. The number of imidazole rings is 1. The largest absolute Gasteiger partial charge is 0.355 e. The summed E-state index contributed by atoms with van der Waals surface area (Å²) in [7, 11) is 0. The second-order valence-corrected chi connectivity index (χ2v) is 4.57. The average molecular weight is 268 g/mol. The Labute approximate surface area is 111 Å². The first-order chi connectivity index (χ1) is 8.60. The van der Waals surface area contributed by atoms with Crippen LogP contribution in [0.5, 0.6) is 0 Å². The minimum absolute atomic E-state index is 0.356. The van der Waals surface area contributed by atoms with Crippen LogP contribution in [0.3, 0.4) is 0 Å². The van der Waals surface area contributed by atoms with Crippen molar-refractivity contribution in [2.24, 2.45) is 0 Å². The lowest BCUT2D eigenvalue weighted by atomic mass is 10.3. The highest BCUT2D eigenvalue weighted by Crippen LogP contribution is 2.21. The Hall–Kier alpha value is -1.55. The molecular weight excluding hydrogens is 253 g/mol. The van der Waals surface area contributed by atoms with Crippen LogP contribution in [0.4, 0.5) is 10.3 Å². The summed E-state index contributed by atoms with van der Waals surface area (Å²) in [6.45, 7) is 4.79. The summed E-state index contributed by atoms with van der Waals surface area (Å²) in [5.41, 5.74) is 1.54. The summed E-state index contributed by atoms with van der Waals surface area (Å²) in [5, 5.41) is 3.58. The number of nitrogens with one attached hydrogen (secondary N) is 1. The van der Waals surface area contributed by atoms with Crippen LogP contribution in [0.15, 0.2) is 24.4 Å². The van der Waals surface area contributed by atoms with E-state index in [-0.39, 0.29) is 5.82 Å². The number of halogens is 2. The molecule has 0 saturated carbocycles. The summed E-state index contributed by atoms with van der Waals surface area (Å²) in [4.78, 5) is 4.37. The first-order valence-corrected chi connectivity index (χ1v) is 6.24. The molecule has 0 aliphatic carbocycles. The van der Waals surface area contributed by atoms with E-state index in [2.05, 4.69) is 17.2 Å². The number of hydrogen-bond acceptors (Lipinski definition) is 2. The molecule has 96 valence electrons. The predicted octanol–water partition coefficient (Wildman–Crippen LogP) is 3.80. The molecule has 0 aliphatic heterocycles. The third-order valence-corrected chi connectivity index (χ3v) is 2.70. The summed E-state index contributed by atoms with van der Waals surface area (Å²) in [6.07, 6.45) is 2.85. The molecule has 1 N–H and O–H groups in total. The molecule has 3 nitrogen and oxygen atoms in total. The smallest absolute Gasteiger partial charge is 0.207 e. The minimum atomic E-state index is -0.356. The molecule has 0 aliphatic rings. The molecule has 0 bridgehead atoms. The molecule has 0 unspecified atom stereocenters. The van der Waals surface area contributed by atoms with Gasteiger partial charge in [-0.1, -0.05) is 18.5 Å². The summed E-state index contributed by atoms with van der Waals surface area (Å²) in [5.74, 6) is 0.348. The van der Waals surface area contributed by atoms with Crippen molar-refractivity contribution >= 4 is 17.5 Å². The van der Waals surface area contributed by atoms with Crippen molar-refractivity contribution in [3.05, 3.63) is 40.9 Å². The topological polar surface area (TPSA) is 29.9 Å². The molecule has 2 rings (SSSR count). The molecule has 1 aromatic carbocycles. The van der Waals surface area contributed by atoms with Gasteiger partial charge in [-0.25, -0.2) is 9.37 Å². The Morgan fingerprint density at radius 3 is 2.83 bits per heavy atom. The molecule has 2 aromatic rings. The maximum Gasteiger partial charge on any atom is 0.207 e. The Morgan fingerprint density at radius 1 is 1.39 bits per heavy atom. The maximum absolute atomic E-state index is 13.4. The van der Waals surface area contributed by atoms with Gasteiger partial charge in [0.05, 0.1) is 11.4 Å². The quantitative estimate of drug-likeness (QED) is 0.913. The molecule has 18 heavy (non-hydrogen) atoms. The fraction of sp³-hybridized carbons (Fsp3) is 0.308. The highest BCUT2D eigenvalue weighted by molar-refractivity contribution is 6.30. The highest BCUT2D eigenvalue weighted by atomic mass is 35.5. The van der Waals surface area contributed by atoms with E-state index in [4.69, 9.17) is 11.6 Å². The molecule has 0 saturated heterocycles. The molecule has 5 heteroatoms. The second kappa shape index (κ2) is 5.40. The number of benzene rings is 1. The Kier molecular flexibility index (Phi) is 3.87. The molecule has 1 aromatic heterocycles. The SMILES string of the molecule is CCCNc1nc(C)cn1-c1cc(F)cc(Cl)c1. The predicted molar refractivity (Wildman–Crippen MR) is 72.0 cm³/mol. The van der Waals surface area contributed by atoms with Crippen molar-refractivity contribution in [1.82, 2.24) is 9.55 Å². The zero-order valence-electron chi connectivity index (χ0n) is 10.4. The number of hydrogen-bond donors (Lipinski definition) is 1. The van der Waals surface area contributed by atoms with E-state index in [9.17, 15) is 4.39 Å². The van der Waals surface area contributed by atoms with Gasteiger partial charge in [-0.05, 0) is 31.5 Å². The van der Waals surface area contributed by atoms with Gasteiger partial charge < -0.3 is 5.32 Å². The van der Waals surface area contributed by atoms with Crippen LogP contribution in [-0.2, 0) is 0 Å². The average Bonchev–Trinajstić information content (AvgIpc) is 2.66. The second-order valence-electron chi connectivity index (χ2n) is 4.13. The van der Waals surface area contributed by atoms with Crippen molar-refractivity contribution < 1.29 is 4.39 Å². The Balaban J connectivity index is 2.42. The van der Waals surface area contributed by atoms with E-state index in [1.165, 1.54) is 12.1 Å². The first-order valence-electron chi connectivity index (χ1n) is 5.86. The van der Waals surface area contributed by atoms with Crippen LogP contribution in [0, 0.1) is 12.7 Å². The lowest BCUT2D eigenvalue weighted by molar-refractivity contribution is 0.626. The lowest BCUT2D eigenvalue weighted by Crippen LogP contribution is -2.06. The number of nitrogens with zero attached hydrogens (tertiary/aromatic N) is 2. The van der Waals surface area contributed by atoms with Gasteiger partial charge in [0.25, 0.3) is 0 Å². The zero-order chi connectivity index (χ0) is 13.1. The van der Waals surface area contributed by atoms with Gasteiger partial charge in [-0.3, -0.25) is 4.57 Å².